The molecular weight excluding hydrogens is 633 g/mol. The Labute approximate surface area is 246 Å². The maximum absolute atomic E-state index is 12.7. The van der Waals surface area contributed by atoms with E-state index in [0.717, 1.165) is 5.56 Å². The number of phenolic OH excluding ortho intramolecular Hbond substituents is 1. The van der Waals surface area contributed by atoms with Gasteiger partial charge < -0.3 is 44.9 Å². The fourth-order valence-corrected chi connectivity index (χ4v) is 5.99. The smallest absolute Gasteiger partial charge is 0.490 e. The molecule has 0 bridgehead atoms. The van der Waals surface area contributed by atoms with Crippen LogP contribution in [-0.4, -0.2) is 52.7 Å². The lowest BCUT2D eigenvalue weighted by Crippen LogP contribution is -2.22. The zero-order chi connectivity index (χ0) is 32.6. The highest BCUT2D eigenvalue weighted by atomic mass is 31.3. The van der Waals surface area contributed by atoms with Crippen molar-refractivity contribution in [1.29, 1.82) is 0 Å². The topological polar surface area (TPSA) is 267 Å². The van der Waals surface area contributed by atoms with Crippen LogP contribution in [0.15, 0.2) is 55.1 Å². The number of aromatic hydroxyl groups is 1. The van der Waals surface area contributed by atoms with Crippen LogP contribution in [0.3, 0.4) is 0 Å². The van der Waals surface area contributed by atoms with E-state index in [9.17, 15) is 23.6 Å². The van der Waals surface area contributed by atoms with Crippen LogP contribution in [0.5, 0.6) is 11.5 Å². The number of phenols is 1. The van der Waals surface area contributed by atoms with Crippen LogP contribution < -0.4 is 15.4 Å². The lowest BCUT2D eigenvalue weighted by atomic mass is 9.84. The van der Waals surface area contributed by atoms with Crippen molar-refractivity contribution in [2.75, 3.05) is 17.7 Å². The summed E-state index contributed by atoms with van der Waals surface area (Å²) in [5.41, 5.74) is 2.83. The lowest BCUT2D eigenvalue weighted by Gasteiger charge is -2.26. The second kappa shape index (κ2) is 14.5. The number of pyridine rings is 2. The molecule has 2 amide bonds. The Kier molecular flexibility index (Phi) is 12.2. The SMILES string of the molecule is COc1cc(C(C)(C)C)c(O)c(NC(=O)Nc2cccnc2)c1Cc1ccncc1.O=P(O)(O)OP(=O)(O)OP(=O)(O)O. The summed E-state index contributed by atoms with van der Waals surface area (Å²) in [5, 5.41) is 16.6. The number of benzene rings is 1. The first-order chi connectivity index (χ1) is 19.7. The molecule has 20 heteroatoms. The van der Waals surface area contributed by atoms with Gasteiger partial charge in [0.15, 0.2) is 0 Å². The number of hydrogen-bond donors (Lipinski definition) is 8. The second-order valence-electron chi connectivity index (χ2n) is 9.54. The van der Waals surface area contributed by atoms with Gasteiger partial charge in [-0.05, 0) is 41.3 Å². The highest BCUT2D eigenvalue weighted by Crippen LogP contribution is 2.64. The van der Waals surface area contributed by atoms with Crippen LogP contribution >= 0.6 is 23.5 Å². The summed E-state index contributed by atoms with van der Waals surface area (Å²) in [6.45, 7) is 5.97. The van der Waals surface area contributed by atoms with E-state index in [-0.39, 0.29) is 11.2 Å². The first-order valence-corrected chi connectivity index (χ1v) is 16.4. The molecule has 0 radical (unpaired) electrons. The van der Waals surface area contributed by atoms with Gasteiger partial charge in [-0.1, -0.05) is 20.8 Å². The minimum absolute atomic E-state index is 0.0219. The minimum atomic E-state index is -5.46. The quantitative estimate of drug-likeness (QED) is 0.119. The van der Waals surface area contributed by atoms with E-state index in [4.69, 9.17) is 29.2 Å². The minimum Gasteiger partial charge on any atom is -0.505 e. The molecular formula is C23H31N4O13P3. The number of rotatable bonds is 9. The molecule has 0 saturated heterocycles. The van der Waals surface area contributed by atoms with E-state index >= 15 is 0 Å². The van der Waals surface area contributed by atoms with Crippen molar-refractivity contribution >= 4 is 40.9 Å². The molecule has 8 N–H and O–H groups in total. The van der Waals surface area contributed by atoms with Crippen molar-refractivity contribution < 1.29 is 61.4 Å². The summed E-state index contributed by atoms with van der Waals surface area (Å²) in [6, 6.07) is 8.57. The molecule has 0 spiro atoms. The van der Waals surface area contributed by atoms with E-state index < -0.39 is 29.5 Å². The van der Waals surface area contributed by atoms with Gasteiger partial charge >= 0.3 is 29.5 Å². The predicted molar refractivity (Wildman–Crippen MR) is 153 cm³/mol. The third-order valence-electron chi connectivity index (χ3n) is 5.10. The van der Waals surface area contributed by atoms with E-state index in [1.165, 1.54) is 0 Å². The molecule has 43 heavy (non-hydrogen) atoms. The summed E-state index contributed by atoms with van der Waals surface area (Å²) in [7, 11) is -14.6. The van der Waals surface area contributed by atoms with Crippen molar-refractivity contribution in [1.82, 2.24) is 9.97 Å². The molecule has 0 aliphatic rings. The van der Waals surface area contributed by atoms with Crippen molar-refractivity contribution in [2.24, 2.45) is 0 Å². The van der Waals surface area contributed by atoms with Gasteiger partial charge in [0, 0.05) is 36.1 Å². The van der Waals surface area contributed by atoms with Gasteiger partial charge in [-0.25, -0.2) is 18.5 Å². The number of methoxy groups -OCH3 is 1. The molecule has 0 saturated carbocycles. The molecule has 3 aromatic rings. The van der Waals surface area contributed by atoms with Crippen molar-refractivity contribution in [3.8, 4) is 11.5 Å². The Balaban J connectivity index is 0.000000420. The fraction of sp³-hybridized carbons (Fsp3) is 0.261. The molecule has 0 atom stereocenters. The number of nitrogens with zero attached hydrogens (tertiary/aromatic N) is 2. The largest absolute Gasteiger partial charge is 0.505 e. The van der Waals surface area contributed by atoms with Gasteiger partial charge in [-0.2, -0.15) is 8.62 Å². The average molecular weight is 664 g/mol. The van der Waals surface area contributed by atoms with Gasteiger partial charge in [-0.15, -0.1) is 0 Å². The van der Waals surface area contributed by atoms with Crippen LogP contribution in [0.25, 0.3) is 0 Å². The Morgan fingerprint density at radius 3 is 1.95 bits per heavy atom. The van der Waals surface area contributed by atoms with E-state index in [2.05, 4.69) is 29.2 Å². The number of aromatic nitrogens is 2. The van der Waals surface area contributed by atoms with Crippen LogP contribution in [-0.2, 0) is 34.2 Å². The van der Waals surface area contributed by atoms with Crippen LogP contribution in [0.1, 0.15) is 37.5 Å². The number of carbonyl (C=O) groups is 1. The zero-order valence-electron chi connectivity index (χ0n) is 23.2. The molecule has 2 heterocycles. The van der Waals surface area contributed by atoms with Gasteiger partial charge in [0.05, 0.1) is 24.7 Å². The zero-order valence-corrected chi connectivity index (χ0v) is 25.9. The van der Waals surface area contributed by atoms with Crippen molar-refractivity contribution in [3.05, 3.63) is 71.8 Å². The first kappa shape index (κ1) is 36.0. The summed E-state index contributed by atoms with van der Waals surface area (Å²) < 4.78 is 42.0. The number of urea groups is 1. The van der Waals surface area contributed by atoms with E-state index in [0.29, 0.717) is 34.7 Å². The molecule has 236 valence electrons. The Hall–Kier alpha value is -3.20. The maximum Gasteiger partial charge on any atom is 0.490 e. The molecule has 1 aromatic carbocycles. The lowest BCUT2D eigenvalue weighted by molar-refractivity contribution is 0.204. The fourth-order valence-electron chi connectivity index (χ4n) is 3.45. The molecule has 3 rings (SSSR count). The van der Waals surface area contributed by atoms with Gasteiger partial charge in [0.1, 0.15) is 11.5 Å². The van der Waals surface area contributed by atoms with E-state index in [1.54, 1.807) is 44.0 Å². The Bertz CT molecular complexity index is 1510. The normalized spacial score (nSPS) is 12.1. The molecule has 17 nitrogen and oxygen atoms in total. The molecule has 0 aliphatic heterocycles. The number of phosphoric acid groups is 3. The third kappa shape index (κ3) is 12.5. The maximum atomic E-state index is 12.7. The number of carbonyl (C=O) groups excluding carboxylic acids is 1. The third-order valence-corrected chi connectivity index (χ3v) is 8.45. The summed E-state index contributed by atoms with van der Waals surface area (Å²) in [6.07, 6.45) is 7.02. The summed E-state index contributed by atoms with van der Waals surface area (Å²) in [4.78, 5) is 60.9. The molecule has 0 aliphatic carbocycles. The van der Waals surface area contributed by atoms with Crippen LogP contribution in [0, 0.1) is 0 Å². The van der Waals surface area contributed by atoms with Crippen LogP contribution in [0.4, 0.5) is 16.2 Å². The van der Waals surface area contributed by atoms with Crippen molar-refractivity contribution in [2.45, 2.75) is 32.6 Å². The predicted octanol–water partition coefficient (Wildman–Crippen LogP) is 4.03. The number of ether oxygens (including phenoxy) is 1. The average Bonchev–Trinajstić information content (AvgIpc) is 2.84. The van der Waals surface area contributed by atoms with Crippen molar-refractivity contribution in [3.63, 3.8) is 0 Å². The van der Waals surface area contributed by atoms with Gasteiger partial charge in [0.25, 0.3) is 0 Å². The number of nitrogens with one attached hydrogen (secondary N) is 2. The monoisotopic (exact) mass is 664 g/mol. The molecule has 0 fully saturated rings. The van der Waals surface area contributed by atoms with Gasteiger partial charge in [0.2, 0.25) is 0 Å². The number of anilines is 2. The number of hydrogen-bond acceptors (Lipinski definition) is 10. The first-order valence-electron chi connectivity index (χ1n) is 11.9. The highest BCUT2D eigenvalue weighted by molar-refractivity contribution is 7.66. The highest BCUT2D eigenvalue weighted by Gasteiger charge is 2.38. The summed E-state index contributed by atoms with van der Waals surface area (Å²) >= 11 is 0. The standard InChI is InChI=1S/C23H26N4O3.H5O10P3/c1-23(2,3)18-13-19(30-4)17(12-15-7-10-24-11-8-15)20(21(18)28)27-22(29)26-16-6-5-9-25-14-16;1-11(2,3)9-13(7,8)10-12(4,5)6/h5-11,13-14,28H,12H2,1-4H3,(H2,26,27,29);(H,7,8)(H2,1,2,3)(H2,4,5,6). The Morgan fingerprint density at radius 1 is 0.907 bits per heavy atom. The van der Waals surface area contributed by atoms with Crippen LogP contribution in [0.2, 0.25) is 0 Å². The summed E-state index contributed by atoms with van der Waals surface area (Å²) in [5.74, 6) is 0.611. The molecule has 0 unspecified atom stereocenters. The van der Waals surface area contributed by atoms with Gasteiger partial charge in [-0.3, -0.25) is 9.97 Å². The second-order valence-corrected chi connectivity index (χ2v) is 13.8. The molecule has 2 aromatic heterocycles. The number of amides is 2. The van der Waals surface area contributed by atoms with E-state index in [1.807, 2.05) is 39.0 Å². The Morgan fingerprint density at radius 2 is 1.49 bits per heavy atom.